The molecular weight excluding hydrogens is 387 g/mol. The van der Waals surface area contributed by atoms with Crippen molar-refractivity contribution in [2.45, 2.75) is 13.5 Å². The van der Waals surface area contributed by atoms with Crippen LogP contribution in [0, 0.1) is 12.7 Å². The third-order valence-electron chi connectivity index (χ3n) is 3.83. The molecule has 0 bridgehead atoms. The van der Waals surface area contributed by atoms with Gasteiger partial charge in [-0.05, 0) is 53.6 Å². The fourth-order valence-electron chi connectivity index (χ4n) is 2.35. The number of benzene rings is 1. The molecule has 1 amide bonds. The van der Waals surface area contributed by atoms with Gasteiger partial charge >= 0.3 is 5.97 Å². The Hall–Kier alpha value is -2.58. The zero-order chi connectivity index (χ0) is 19.4. The lowest BCUT2D eigenvalue weighted by Crippen LogP contribution is -2.30. The highest BCUT2D eigenvalue weighted by Crippen LogP contribution is 2.28. The summed E-state index contributed by atoms with van der Waals surface area (Å²) in [5.41, 5.74) is 2.27. The van der Waals surface area contributed by atoms with Crippen LogP contribution < -0.4 is 0 Å². The lowest BCUT2D eigenvalue weighted by molar-refractivity contribution is -0.133. The van der Waals surface area contributed by atoms with Gasteiger partial charge < -0.3 is 9.64 Å². The summed E-state index contributed by atoms with van der Waals surface area (Å²) < 4.78 is 18.2. The Morgan fingerprint density at radius 2 is 1.96 bits per heavy atom. The van der Waals surface area contributed by atoms with E-state index in [1.54, 1.807) is 37.4 Å². The molecule has 3 aromatic rings. The fourth-order valence-corrected chi connectivity index (χ4v) is 3.97. The average molecular weight is 404 g/mol. The van der Waals surface area contributed by atoms with Gasteiger partial charge in [-0.15, -0.1) is 11.3 Å². The standard InChI is InChI=1S/C19H17FN2O3S2/c1-12-17(27-18(21-12)14-3-5-15(20)6-4-14)19(24)25-10-16(23)22(2)9-13-7-8-26-11-13/h3-8,11H,9-10H2,1-2H3. The number of likely N-dealkylation sites (N-methyl/N-ethyl adjacent to an activating group) is 1. The molecule has 140 valence electrons. The Bertz CT molecular complexity index is 937. The Kier molecular flexibility index (Phi) is 5.98. The smallest absolute Gasteiger partial charge is 0.350 e. The van der Waals surface area contributed by atoms with Gasteiger partial charge in [-0.25, -0.2) is 14.2 Å². The van der Waals surface area contributed by atoms with E-state index in [9.17, 15) is 14.0 Å². The number of aromatic nitrogens is 1. The van der Waals surface area contributed by atoms with Crippen molar-refractivity contribution in [1.82, 2.24) is 9.88 Å². The maximum Gasteiger partial charge on any atom is 0.350 e. The number of hydrogen-bond acceptors (Lipinski definition) is 6. The zero-order valence-corrected chi connectivity index (χ0v) is 16.4. The first-order valence-electron chi connectivity index (χ1n) is 8.09. The van der Waals surface area contributed by atoms with Crippen molar-refractivity contribution in [3.63, 3.8) is 0 Å². The van der Waals surface area contributed by atoms with Crippen molar-refractivity contribution in [3.8, 4) is 10.6 Å². The van der Waals surface area contributed by atoms with Crippen molar-refractivity contribution >= 4 is 34.6 Å². The van der Waals surface area contributed by atoms with Crippen LogP contribution in [0.3, 0.4) is 0 Å². The summed E-state index contributed by atoms with van der Waals surface area (Å²) >= 11 is 2.72. The SMILES string of the molecule is Cc1nc(-c2ccc(F)cc2)sc1C(=O)OCC(=O)N(C)Cc1ccsc1. The number of esters is 1. The molecule has 3 rings (SSSR count). The van der Waals surface area contributed by atoms with Gasteiger partial charge in [0.15, 0.2) is 6.61 Å². The molecule has 0 atom stereocenters. The summed E-state index contributed by atoms with van der Waals surface area (Å²) in [5.74, 6) is -1.21. The van der Waals surface area contributed by atoms with Gasteiger partial charge in [-0.2, -0.15) is 11.3 Å². The van der Waals surface area contributed by atoms with E-state index in [1.165, 1.54) is 17.0 Å². The maximum atomic E-state index is 13.0. The molecule has 0 aliphatic carbocycles. The van der Waals surface area contributed by atoms with Crippen LogP contribution in [0.25, 0.3) is 10.6 Å². The topological polar surface area (TPSA) is 59.5 Å². The molecule has 0 radical (unpaired) electrons. The summed E-state index contributed by atoms with van der Waals surface area (Å²) in [5, 5.41) is 4.51. The number of carbonyl (C=O) groups excluding carboxylic acids is 2. The van der Waals surface area contributed by atoms with Crippen molar-refractivity contribution in [2.24, 2.45) is 0 Å². The second-order valence-electron chi connectivity index (χ2n) is 5.90. The van der Waals surface area contributed by atoms with Crippen molar-refractivity contribution in [2.75, 3.05) is 13.7 Å². The molecule has 0 N–H and O–H groups in total. The molecule has 0 saturated heterocycles. The summed E-state index contributed by atoms with van der Waals surface area (Å²) in [7, 11) is 1.67. The molecule has 5 nitrogen and oxygen atoms in total. The maximum absolute atomic E-state index is 13.0. The fraction of sp³-hybridized carbons (Fsp3) is 0.211. The Morgan fingerprint density at radius 3 is 2.63 bits per heavy atom. The predicted octanol–water partition coefficient (Wildman–Crippen LogP) is 4.13. The monoisotopic (exact) mass is 404 g/mol. The van der Waals surface area contributed by atoms with Crippen LogP contribution in [0.4, 0.5) is 4.39 Å². The van der Waals surface area contributed by atoms with Crippen LogP contribution >= 0.6 is 22.7 Å². The molecule has 0 aliphatic rings. The van der Waals surface area contributed by atoms with Gasteiger partial charge in [-0.3, -0.25) is 4.79 Å². The molecule has 0 fully saturated rings. The van der Waals surface area contributed by atoms with Crippen LogP contribution in [-0.2, 0) is 16.1 Å². The molecule has 8 heteroatoms. The average Bonchev–Trinajstić information content (AvgIpc) is 3.29. The summed E-state index contributed by atoms with van der Waals surface area (Å²) in [6.07, 6.45) is 0. The van der Waals surface area contributed by atoms with E-state index >= 15 is 0 Å². The quantitative estimate of drug-likeness (QED) is 0.580. The molecule has 0 saturated carbocycles. The molecular formula is C19H17FN2O3S2. The molecule has 27 heavy (non-hydrogen) atoms. The minimum Gasteiger partial charge on any atom is -0.451 e. The third-order valence-corrected chi connectivity index (χ3v) is 5.74. The Labute approximate surface area is 164 Å². The van der Waals surface area contributed by atoms with Gasteiger partial charge in [-0.1, -0.05) is 0 Å². The second kappa shape index (κ2) is 8.41. The number of amides is 1. The lowest BCUT2D eigenvalue weighted by Gasteiger charge is -2.16. The van der Waals surface area contributed by atoms with Crippen molar-refractivity contribution in [1.29, 1.82) is 0 Å². The first-order chi connectivity index (χ1) is 12.9. The van der Waals surface area contributed by atoms with E-state index in [1.807, 2.05) is 16.8 Å². The number of nitrogens with zero attached hydrogens (tertiary/aromatic N) is 2. The summed E-state index contributed by atoms with van der Waals surface area (Å²) in [6, 6.07) is 7.83. The minimum absolute atomic E-state index is 0.282. The lowest BCUT2D eigenvalue weighted by atomic mass is 10.2. The van der Waals surface area contributed by atoms with E-state index in [0.29, 0.717) is 22.1 Å². The number of carbonyl (C=O) groups is 2. The molecule has 2 aromatic heterocycles. The first kappa shape index (κ1) is 19.2. The van der Waals surface area contributed by atoms with E-state index in [-0.39, 0.29) is 18.3 Å². The number of aryl methyl sites for hydroxylation is 1. The van der Waals surface area contributed by atoms with Gasteiger partial charge in [0.2, 0.25) is 0 Å². The largest absolute Gasteiger partial charge is 0.451 e. The molecule has 2 heterocycles. The van der Waals surface area contributed by atoms with Crippen LogP contribution in [0.1, 0.15) is 20.9 Å². The Morgan fingerprint density at radius 1 is 1.22 bits per heavy atom. The third kappa shape index (κ3) is 4.78. The van der Waals surface area contributed by atoms with E-state index < -0.39 is 5.97 Å². The number of thiazole rings is 1. The van der Waals surface area contributed by atoms with E-state index in [0.717, 1.165) is 22.5 Å². The van der Waals surface area contributed by atoms with Gasteiger partial charge in [0.25, 0.3) is 5.91 Å². The van der Waals surface area contributed by atoms with Gasteiger partial charge in [0, 0.05) is 19.2 Å². The van der Waals surface area contributed by atoms with Crippen LogP contribution in [0.2, 0.25) is 0 Å². The zero-order valence-electron chi connectivity index (χ0n) is 14.8. The van der Waals surface area contributed by atoms with Crippen LogP contribution in [0.15, 0.2) is 41.1 Å². The van der Waals surface area contributed by atoms with Crippen LogP contribution in [-0.4, -0.2) is 35.4 Å². The minimum atomic E-state index is -0.587. The predicted molar refractivity (Wildman–Crippen MR) is 103 cm³/mol. The normalized spacial score (nSPS) is 10.6. The van der Waals surface area contributed by atoms with E-state index in [4.69, 9.17) is 4.74 Å². The van der Waals surface area contributed by atoms with Crippen LogP contribution in [0.5, 0.6) is 0 Å². The molecule has 0 unspecified atom stereocenters. The summed E-state index contributed by atoms with van der Waals surface area (Å²) in [6.45, 7) is 1.83. The molecule has 1 aromatic carbocycles. The number of hydrogen-bond donors (Lipinski definition) is 0. The highest BCUT2D eigenvalue weighted by Gasteiger charge is 2.20. The summed E-state index contributed by atoms with van der Waals surface area (Å²) in [4.78, 5) is 30.7. The first-order valence-corrected chi connectivity index (χ1v) is 9.85. The molecule has 0 spiro atoms. The van der Waals surface area contributed by atoms with E-state index in [2.05, 4.69) is 4.98 Å². The highest BCUT2D eigenvalue weighted by atomic mass is 32.1. The second-order valence-corrected chi connectivity index (χ2v) is 7.68. The van der Waals surface area contributed by atoms with Gasteiger partial charge in [0.1, 0.15) is 15.7 Å². The number of thiophene rings is 1. The highest BCUT2D eigenvalue weighted by molar-refractivity contribution is 7.17. The van der Waals surface area contributed by atoms with Gasteiger partial charge in [0.05, 0.1) is 5.69 Å². The molecule has 0 aliphatic heterocycles. The number of ether oxygens (including phenoxy) is 1. The van der Waals surface area contributed by atoms with Crippen molar-refractivity contribution in [3.05, 3.63) is 63.0 Å². The number of halogens is 1. The number of rotatable bonds is 6. The van der Waals surface area contributed by atoms with Crippen molar-refractivity contribution < 1.29 is 18.7 Å². The Balaban J connectivity index is 1.61.